The van der Waals surface area contributed by atoms with E-state index in [1.54, 1.807) is 7.11 Å². The van der Waals surface area contributed by atoms with Crippen LogP contribution >= 0.6 is 0 Å². The summed E-state index contributed by atoms with van der Waals surface area (Å²) in [5.74, 6) is 0.976. The molecule has 0 spiro atoms. The minimum Gasteiger partial charge on any atom is -0.496 e. The minimum absolute atomic E-state index is 0.378. The van der Waals surface area contributed by atoms with E-state index in [1.807, 2.05) is 12.1 Å². The molecule has 0 saturated heterocycles. The van der Waals surface area contributed by atoms with E-state index >= 15 is 0 Å². The summed E-state index contributed by atoms with van der Waals surface area (Å²) in [6.07, 6.45) is 2.24. The molecule has 1 aromatic rings. The summed E-state index contributed by atoms with van der Waals surface area (Å²) in [6.45, 7) is 4.36. The second kappa shape index (κ2) is 8.11. The van der Waals surface area contributed by atoms with Gasteiger partial charge in [-0.05, 0) is 46.1 Å². The Morgan fingerprint density at radius 3 is 2.61 bits per heavy atom. The molecule has 0 radical (unpaired) electrons. The molecule has 0 heterocycles. The summed E-state index contributed by atoms with van der Waals surface area (Å²) in [5.41, 5.74) is 1.26. The molecule has 3 nitrogen and oxygen atoms in total. The number of methoxy groups -OCH3 is 1. The molecule has 1 atom stereocenters. The first-order chi connectivity index (χ1) is 8.69. The molecule has 1 aromatic carbocycles. The molecule has 0 saturated carbocycles. The van der Waals surface area contributed by atoms with Gasteiger partial charge in [-0.15, -0.1) is 0 Å². The highest BCUT2D eigenvalue weighted by atomic mass is 16.5. The summed E-state index contributed by atoms with van der Waals surface area (Å²) < 4.78 is 5.42. The molecule has 0 aliphatic heterocycles. The van der Waals surface area contributed by atoms with Crippen LogP contribution in [0, 0.1) is 0 Å². The van der Waals surface area contributed by atoms with Gasteiger partial charge in [0.15, 0.2) is 0 Å². The number of nitrogens with zero attached hydrogens (tertiary/aromatic N) is 1. The average molecular weight is 250 g/mol. The Kier molecular flexibility index (Phi) is 6.76. The molecule has 102 valence electrons. The number of benzene rings is 1. The number of rotatable bonds is 8. The van der Waals surface area contributed by atoms with E-state index in [0.29, 0.717) is 6.04 Å². The van der Waals surface area contributed by atoms with Crippen LogP contribution in [-0.2, 0) is 0 Å². The van der Waals surface area contributed by atoms with Crippen LogP contribution in [0.1, 0.15) is 31.4 Å². The second-order valence-electron chi connectivity index (χ2n) is 4.81. The summed E-state index contributed by atoms with van der Waals surface area (Å²) in [6, 6.07) is 8.64. The van der Waals surface area contributed by atoms with Crippen molar-refractivity contribution in [2.75, 3.05) is 34.3 Å². The molecular weight excluding hydrogens is 224 g/mol. The van der Waals surface area contributed by atoms with Crippen LogP contribution in [0.4, 0.5) is 0 Å². The molecule has 0 aliphatic carbocycles. The molecule has 0 aromatic heterocycles. The fourth-order valence-electron chi connectivity index (χ4n) is 2.10. The Balaban J connectivity index is 2.54. The summed E-state index contributed by atoms with van der Waals surface area (Å²) >= 11 is 0. The predicted molar refractivity (Wildman–Crippen MR) is 77.2 cm³/mol. The van der Waals surface area contributed by atoms with Crippen molar-refractivity contribution >= 4 is 0 Å². The zero-order valence-electron chi connectivity index (χ0n) is 12.1. The molecule has 1 N–H and O–H groups in total. The van der Waals surface area contributed by atoms with Gasteiger partial charge in [-0.3, -0.25) is 0 Å². The lowest BCUT2D eigenvalue weighted by molar-refractivity contribution is 0.376. The van der Waals surface area contributed by atoms with Crippen molar-refractivity contribution in [1.29, 1.82) is 0 Å². The van der Waals surface area contributed by atoms with Crippen LogP contribution in [0.2, 0.25) is 0 Å². The van der Waals surface area contributed by atoms with Gasteiger partial charge >= 0.3 is 0 Å². The Morgan fingerprint density at radius 2 is 2.00 bits per heavy atom. The lowest BCUT2D eigenvalue weighted by atomic mass is 10.0. The third kappa shape index (κ3) is 4.67. The van der Waals surface area contributed by atoms with Gasteiger partial charge in [-0.2, -0.15) is 0 Å². The van der Waals surface area contributed by atoms with Crippen LogP contribution in [0.25, 0.3) is 0 Å². The maximum absolute atomic E-state index is 5.42. The highest BCUT2D eigenvalue weighted by Gasteiger charge is 2.12. The van der Waals surface area contributed by atoms with Crippen LogP contribution in [0.5, 0.6) is 5.75 Å². The third-order valence-corrected chi connectivity index (χ3v) is 3.10. The van der Waals surface area contributed by atoms with Crippen LogP contribution < -0.4 is 10.1 Å². The molecule has 18 heavy (non-hydrogen) atoms. The fourth-order valence-corrected chi connectivity index (χ4v) is 2.10. The average Bonchev–Trinajstić information content (AvgIpc) is 2.38. The maximum atomic E-state index is 5.42. The molecule has 1 rings (SSSR count). The van der Waals surface area contributed by atoms with Gasteiger partial charge in [0.05, 0.1) is 7.11 Å². The van der Waals surface area contributed by atoms with E-state index in [4.69, 9.17) is 4.74 Å². The Morgan fingerprint density at radius 1 is 1.28 bits per heavy atom. The Labute approximate surface area is 111 Å². The van der Waals surface area contributed by atoms with E-state index in [1.165, 1.54) is 12.0 Å². The molecule has 0 fully saturated rings. The standard InChI is InChI=1S/C15H26N2O/c1-5-14(16-11-8-12-17(2)3)13-9-6-7-10-15(13)18-4/h6-7,9-10,14,16H,5,8,11-12H2,1-4H3. The quantitative estimate of drug-likeness (QED) is 0.718. The van der Waals surface area contributed by atoms with Crippen LogP contribution in [0.3, 0.4) is 0 Å². The monoisotopic (exact) mass is 250 g/mol. The number of nitrogens with one attached hydrogen (secondary N) is 1. The minimum atomic E-state index is 0.378. The third-order valence-electron chi connectivity index (χ3n) is 3.10. The summed E-state index contributed by atoms with van der Waals surface area (Å²) in [5, 5.41) is 3.61. The van der Waals surface area contributed by atoms with Gasteiger partial charge in [0.2, 0.25) is 0 Å². The van der Waals surface area contributed by atoms with Gasteiger partial charge in [0.1, 0.15) is 5.75 Å². The molecular formula is C15H26N2O. The lowest BCUT2D eigenvalue weighted by Crippen LogP contribution is -2.25. The van der Waals surface area contributed by atoms with Crippen molar-refractivity contribution in [1.82, 2.24) is 10.2 Å². The van der Waals surface area contributed by atoms with E-state index in [2.05, 4.69) is 43.4 Å². The lowest BCUT2D eigenvalue weighted by Gasteiger charge is -2.20. The first-order valence-corrected chi connectivity index (χ1v) is 6.70. The van der Waals surface area contributed by atoms with Crippen molar-refractivity contribution in [2.24, 2.45) is 0 Å². The number of para-hydroxylation sites is 1. The van der Waals surface area contributed by atoms with E-state index in [-0.39, 0.29) is 0 Å². The second-order valence-corrected chi connectivity index (χ2v) is 4.81. The smallest absolute Gasteiger partial charge is 0.123 e. The van der Waals surface area contributed by atoms with Crippen molar-refractivity contribution in [3.05, 3.63) is 29.8 Å². The van der Waals surface area contributed by atoms with Crippen molar-refractivity contribution < 1.29 is 4.74 Å². The highest BCUT2D eigenvalue weighted by molar-refractivity contribution is 5.35. The van der Waals surface area contributed by atoms with Crippen molar-refractivity contribution in [3.63, 3.8) is 0 Å². The number of hydrogen-bond acceptors (Lipinski definition) is 3. The maximum Gasteiger partial charge on any atom is 0.123 e. The normalized spacial score (nSPS) is 12.7. The summed E-state index contributed by atoms with van der Waals surface area (Å²) in [4.78, 5) is 2.21. The van der Waals surface area contributed by atoms with Crippen LogP contribution in [-0.4, -0.2) is 39.2 Å². The van der Waals surface area contributed by atoms with Gasteiger partial charge in [-0.1, -0.05) is 25.1 Å². The SMILES string of the molecule is CCC(NCCCN(C)C)c1ccccc1OC. The van der Waals surface area contributed by atoms with Gasteiger partial charge in [-0.25, -0.2) is 0 Å². The van der Waals surface area contributed by atoms with Crippen molar-refractivity contribution in [2.45, 2.75) is 25.8 Å². The topological polar surface area (TPSA) is 24.5 Å². The number of hydrogen-bond donors (Lipinski definition) is 1. The Bertz CT molecular complexity index is 339. The zero-order chi connectivity index (χ0) is 13.4. The van der Waals surface area contributed by atoms with E-state index in [9.17, 15) is 0 Å². The van der Waals surface area contributed by atoms with E-state index < -0.39 is 0 Å². The predicted octanol–water partition coefficient (Wildman–Crippen LogP) is 2.69. The zero-order valence-corrected chi connectivity index (χ0v) is 12.1. The van der Waals surface area contributed by atoms with Gasteiger partial charge < -0.3 is 15.0 Å². The van der Waals surface area contributed by atoms with E-state index in [0.717, 1.165) is 25.3 Å². The van der Waals surface area contributed by atoms with Gasteiger partial charge in [0, 0.05) is 11.6 Å². The fraction of sp³-hybridized carbons (Fsp3) is 0.600. The molecule has 0 bridgehead atoms. The highest BCUT2D eigenvalue weighted by Crippen LogP contribution is 2.26. The van der Waals surface area contributed by atoms with Crippen molar-refractivity contribution in [3.8, 4) is 5.75 Å². The molecule has 0 aliphatic rings. The first kappa shape index (κ1) is 15.0. The molecule has 0 amide bonds. The largest absolute Gasteiger partial charge is 0.496 e. The van der Waals surface area contributed by atoms with Crippen LogP contribution in [0.15, 0.2) is 24.3 Å². The first-order valence-electron chi connectivity index (χ1n) is 6.70. The Hall–Kier alpha value is -1.06. The molecule has 3 heteroatoms. The molecule has 1 unspecified atom stereocenters. The number of ether oxygens (including phenoxy) is 1. The van der Waals surface area contributed by atoms with Gasteiger partial charge in [0.25, 0.3) is 0 Å². The summed E-state index contributed by atoms with van der Waals surface area (Å²) in [7, 11) is 5.95.